The molecule has 1 aliphatic heterocycles. The van der Waals surface area contributed by atoms with Crippen LogP contribution in [0.4, 0.5) is 20.4 Å². The number of aromatic nitrogens is 4. The van der Waals surface area contributed by atoms with Gasteiger partial charge in [0.15, 0.2) is 0 Å². The number of fused-ring (bicyclic) bond motifs is 1. The van der Waals surface area contributed by atoms with E-state index in [2.05, 4.69) is 67.5 Å². The van der Waals surface area contributed by atoms with Crippen molar-refractivity contribution in [2.75, 3.05) is 43.4 Å². The summed E-state index contributed by atoms with van der Waals surface area (Å²) >= 11 is 0. The third kappa shape index (κ3) is 4.57. The van der Waals surface area contributed by atoms with Crippen LogP contribution in [0.3, 0.4) is 0 Å². The Morgan fingerprint density at radius 1 is 1.03 bits per heavy atom. The van der Waals surface area contributed by atoms with Crippen LogP contribution in [-0.2, 0) is 0 Å². The van der Waals surface area contributed by atoms with Crippen molar-refractivity contribution >= 4 is 17.3 Å². The third-order valence-electron chi connectivity index (χ3n) is 6.56. The van der Waals surface area contributed by atoms with Gasteiger partial charge in [0.1, 0.15) is 17.4 Å². The molecule has 0 amide bonds. The number of hydrogen-bond acceptors (Lipinski definition) is 7. The maximum atomic E-state index is 13.4. The molecule has 1 N–H and O–H groups in total. The molecule has 3 aromatic heterocycles. The second kappa shape index (κ2) is 9.87. The number of imidazole rings is 1. The van der Waals surface area contributed by atoms with Gasteiger partial charge in [-0.3, -0.25) is 4.40 Å². The second-order valence-electron chi connectivity index (χ2n) is 8.92. The van der Waals surface area contributed by atoms with E-state index in [0.717, 1.165) is 31.7 Å². The number of piperazine rings is 1. The Hall–Kier alpha value is -4.10. The Bertz CT molecular complexity index is 1400. The molecule has 1 saturated heterocycles. The van der Waals surface area contributed by atoms with Crippen LogP contribution in [0.15, 0.2) is 55.0 Å². The maximum Gasteiger partial charge on any atom is 0.267 e. The summed E-state index contributed by atoms with van der Waals surface area (Å²) in [6.07, 6.45) is 1.86. The van der Waals surface area contributed by atoms with Gasteiger partial charge in [0, 0.05) is 38.1 Å². The van der Waals surface area contributed by atoms with Crippen LogP contribution >= 0.6 is 0 Å². The van der Waals surface area contributed by atoms with Gasteiger partial charge in [-0.15, -0.1) is 0 Å². The molecule has 0 unspecified atom stereocenters. The van der Waals surface area contributed by atoms with E-state index in [4.69, 9.17) is 0 Å². The Labute approximate surface area is 207 Å². The Morgan fingerprint density at radius 3 is 2.47 bits per heavy atom. The first kappa shape index (κ1) is 23.6. The number of likely N-dealkylation sites (N-methyl/N-ethyl adjacent to an activating group) is 1. The van der Waals surface area contributed by atoms with Crippen molar-refractivity contribution in [3.63, 3.8) is 0 Å². The second-order valence-corrected chi connectivity index (χ2v) is 8.92. The number of halogens is 2. The first-order valence-electron chi connectivity index (χ1n) is 11.8. The largest absolute Gasteiger partial charge is 0.369 e. The molecular formula is C26H26F2N8. The van der Waals surface area contributed by atoms with Crippen molar-refractivity contribution in [3.05, 3.63) is 71.7 Å². The minimum atomic E-state index is -2.66. The number of pyridine rings is 1. The van der Waals surface area contributed by atoms with E-state index in [0.29, 0.717) is 17.3 Å². The van der Waals surface area contributed by atoms with Gasteiger partial charge < -0.3 is 15.1 Å². The molecule has 4 heterocycles. The minimum absolute atomic E-state index is 0.0973. The summed E-state index contributed by atoms with van der Waals surface area (Å²) in [4.78, 5) is 17.7. The van der Waals surface area contributed by atoms with Crippen LogP contribution in [0.25, 0.3) is 17.0 Å². The standard InChI is InChI=1S/C26H26F2N8/c1-17(18-5-7-20(8-6-18)35-12-10-34(2)11-13-35)32-26-31-15-19(14-29)23(33-26)22-16-30-25-21(24(27)28)4-3-9-36(22)25/h3-9,15-17,24H,10-13H2,1-2H3,(H,31,32,33)/t17-/m0/s1. The van der Waals surface area contributed by atoms with Gasteiger partial charge in [-0.05, 0) is 43.8 Å². The van der Waals surface area contributed by atoms with E-state index in [1.165, 1.54) is 34.6 Å². The summed E-state index contributed by atoms with van der Waals surface area (Å²) in [5.41, 5.74) is 3.22. The van der Waals surface area contributed by atoms with E-state index < -0.39 is 6.43 Å². The average molecular weight is 489 g/mol. The SMILES string of the molecule is C[C@H](Nc1ncc(C#N)c(-c2cnc3c(C(F)F)cccn23)n1)c1ccc(N2CCN(C)CC2)cc1. The topological polar surface area (TPSA) is 85.4 Å². The molecule has 10 heteroatoms. The fraction of sp³-hybridized carbons (Fsp3) is 0.308. The van der Waals surface area contributed by atoms with Crippen LogP contribution in [0, 0.1) is 11.3 Å². The molecule has 36 heavy (non-hydrogen) atoms. The van der Waals surface area contributed by atoms with E-state index in [-0.39, 0.29) is 22.8 Å². The van der Waals surface area contributed by atoms with Crippen LogP contribution in [0.5, 0.6) is 0 Å². The molecular weight excluding hydrogens is 462 g/mol. The number of anilines is 2. The number of benzene rings is 1. The van der Waals surface area contributed by atoms with Crippen LogP contribution in [-0.4, -0.2) is 57.5 Å². The molecule has 0 aliphatic carbocycles. The highest BCUT2D eigenvalue weighted by Gasteiger charge is 2.20. The third-order valence-corrected chi connectivity index (χ3v) is 6.56. The maximum absolute atomic E-state index is 13.4. The number of nitrogens with one attached hydrogen (secondary N) is 1. The number of nitriles is 1. The summed E-state index contributed by atoms with van der Waals surface area (Å²) in [7, 11) is 2.14. The van der Waals surface area contributed by atoms with Crippen molar-refractivity contribution in [1.82, 2.24) is 24.3 Å². The molecule has 4 aromatic rings. The molecule has 0 bridgehead atoms. The van der Waals surface area contributed by atoms with Crippen LogP contribution in [0.1, 0.15) is 36.1 Å². The molecule has 5 rings (SSSR count). The molecule has 1 fully saturated rings. The molecule has 1 aromatic carbocycles. The number of alkyl halides is 2. The normalized spacial score (nSPS) is 15.3. The van der Waals surface area contributed by atoms with Gasteiger partial charge in [-0.25, -0.2) is 23.7 Å². The van der Waals surface area contributed by atoms with Crippen LogP contribution < -0.4 is 10.2 Å². The fourth-order valence-electron chi connectivity index (χ4n) is 4.42. The van der Waals surface area contributed by atoms with Crippen molar-refractivity contribution in [2.24, 2.45) is 0 Å². The Balaban J connectivity index is 1.39. The molecule has 8 nitrogen and oxygen atoms in total. The summed E-state index contributed by atoms with van der Waals surface area (Å²) in [6.45, 7) is 6.12. The van der Waals surface area contributed by atoms with E-state index in [1.807, 2.05) is 6.92 Å². The number of rotatable bonds is 6. The highest BCUT2D eigenvalue weighted by Crippen LogP contribution is 2.29. The lowest BCUT2D eigenvalue weighted by Gasteiger charge is -2.34. The molecule has 184 valence electrons. The van der Waals surface area contributed by atoms with Crippen molar-refractivity contribution < 1.29 is 8.78 Å². The zero-order valence-corrected chi connectivity index (χ0v) is 20.1. The lowest BCUT2D eigenvalue weighted by atomic mass is 10.1. The molecule has 0 spiro atoms. The minimum Gasteiger partial charge on any atom is -0.369 e. The monoisotopic (exact) mass is 488 g/mol. The zero-order chi connectivity index (χ0) is 25.2. The lowest BCUT2D eigenvalue weighted by molar-refractivity contribution is 0.152. The van der Waals surface area contributed by atoms with E-state index >= 15 is 0 Å². The highest BCUT2D eigenvalue weighted by molar-refractivity contribution is 5.68. The smallest absolute Gasteiger partial charge is 0.267 e. The summed E-state index contributed by atoms with van der Waals surface area (Å²) < 4.78 is 28.4. The molecule has 1 atom stereocenters. The van der Waals surface area contributed by atoms with E-state index in [1.54, 1.807) is 6.20 Å². The van der Waals surface area contributed by atoms with Gasteiger partial charge in [-0.2, -0.15) is 5.26 Å². The number of hydrogen-bond donors (Lipinski definition) is 1. The average Bonchev–Trinajstić information content (AvgIpc) is 3.33. The summed E-state index contributed by atoms with van der Waals surface area (Å²) in [5.74, 6) is 0.333. The highest BCUT2D eigenvalue weighted by atomic mass is 19.3. The molecule has 1 aliphatic rings. The fourth-order valence-corrected chi connectivity index (χ4v) is 4.42. The van der Waals surface area contributed by atoms with Crippen molar-refractivity contribution in [1.29, 1.82) is 5.26 Å². The predicted molar refractivity (Wildman–Crippen MR) is 134 cm³/mol. The van der Waals surface area contributed by atoms with Gasteiger partial charge in [-0.1, -0.05) is 12.1 Å². The first-order valence-corrected chi connectivity index (χ1v) is 11.8. The first-order chi connectivity index (χ1) is 17.4. The molecule has 0 radical (unpaired) electrons. The Kier molecular flexibility index (Phi) is 6.48. The van der Waals surface area contributed by atoms with Crippen molar-refractivity contribution in [3.8, 4) is 17.5 Å². The van der Waals surface area contributed by atoms with Gasteiger partial charge in [0.2, 0.25) is 5.95 Å². The predicted octanol–water partition coefficient (Wildman–Crippen LogP) is 4.53. The molecule has 0 saturated carbocycles. The lowest BCUT2D eigenvalue weighted by Crippen LogP contribution is -2.44. The quantitative estimate of drug-likeness (QED) is 0.427. The zero-order valence-electron chi connectivity index (χ0n) is 20.1. The van der Waals surface area contributed by atoms with Crippen molar-refractivity contribution in [2.45, 2.75) is 19.4 Å². The van der Waals surface area contributed by atoms with Gasteiger partial charge in [0.05, 0.1) is 35.3 Å². The number of nitrogens with zero attached hydrogens (tertiary/aromatic N) is 7. The Morgan fingerprint density at radius 2 is 1.78 bits per heavy atom. The van der Waals surface area contributed by atoms with Crippen LogP contribution in [0.2, 0.25) is 0 Å². The van der Waals surface area contributed by atoms with E-state index in [9.17, 15) is 14.0 Å². The van der Waals surface area contributed by atoms with Gasteiger partial charge >= 0.3 is 0 Å². The summed E-state index contributed by atoms with van der Waals surface area (Å²) in [6, 6.07) is 13.3. The summed E-state index contributed by atoms with van der Waals surface area (Å²) in [5, 5.41) is 12.9. The van der Waals surface area contributed by atoms with Gasteiger partial charge in [0.25, 0.3) is 6.43 Å².